The van der Waals surface area contributed by atoms with Gasteiger partial charge in [-0.1, -0.05) is 12.1 Å². The maximum Gasteiger partial charge on any atom is 0.330 e. The van der Waals surface area contributed by atoms with E-state index >= 15 is 0 Å². The zero-order chi connectivity index (χ0) is 14.0. The van der Waals surface area contributed by atoms with Gasteiger partial charge in [0, 0.05) is 0 Å². The molecule has 1 aromatic carbocycles. The number of nitriles is 1. The van der Waals surface area contributed by atoms with E-state index in [2.05, 4.69) is 4.74 Å². The van der Waals surface area contributed by atoms with Crippen LogP contribution in [0.15, 0.2) is 24.3 Å². The average Bonchev–Trinajstić information content (AvgIpc) is 2.68. The molecule has 1 heterocycles. The molecule has 0 saturated carbocycles. The van der Waals surface area contributed by atoms with Crippen molar-refractivity contribution in [2.45, 2.75) is 13.0 Å². The average molecular weight is 258 g/mol. The smallest absolute Gasteiger partial charge is 0.330 e. The van der Waals surface area contributed by atoms with Crippen LogP contribution in [-0.4, -0.2) is 35.3 Å². The highest BCUT2D eigenvalue weighted by Gasteiger charge is 2.41. The van der Waals surface area contributed by atoms with Crippen LogP contribution in [0, 0.1) is 11.3 Å². The lowest BCUT2D eigenvalue weighted by molar-refractivity contribution is -0.146. The van der Waals surface area contributed by atoms with Crippen molar-refractivity contribution in [2.24, 2.45) is 0 Å². The van der Waals surface area contributed by atoms with E-state index in [0.717, 1.165) is 4.90 Å². The van der Waals surface area contributed by atoms with Crippen molar-refractivity contribution in [1.82, 2.24) is 4.90 Å². The number of nitrogens with zero attached hydrogens (tertiary/aromatic N) is 2. The molecule has 1 aliphatic heterocycles. The van der Waals surface area contributed by atoms with Crippen LogP contribution in [-0.2, 0) is 9.53 Å². The van der Waals surface area contributed by atoms with Gasteiger partial charge < -0.3 is 4.74 Å². The summed E-state index contributed by atoms with van der Waals surface area (Å²) in [4.78, 5) is 36.6. The molecule has 0 fully saturated rings. The highest BCUT2D eigenvalue weighted by atomic mass is 16.5. The van der Waals surface area contributed by atoms with Gasteiger partial charge in [0.25, 0.3) is 11.8 Å². The Bertz CT molecular complexity index is 568. The normalized spacial score (nSPS) is 14.8. The summed E-state index contributed by atoms with van der Waals surface area (Å²) in [5, 5.41) is 8.33. The van der Waals surface area contributed by atoms with Crippen LogP contribution in [0.25, 0.3) is 0 Å². The SMILES string of the molecule is C[C@@H](C(=O)OCC#N)N1C(=O)c2ccccc2C1=O. The number of hydrogen-bond donors (Lipinski definition) is 0. The summed E-state index contributed by atoms with van der Waals surface area (Å²) in [7, 11) is 0. The number of rotatable bonds is 3. The van der Waals surface area contributed by atoms with Gasteiger partial charge in [-0.3, -0.25) is 14.5 Å². The fourth-order valence-corrected chi connectivity index (χ4v) is 1.89. The highest BCUT2D eigenvalue weighted by molar-refractivity contribution is 6.22. The van der Waals surface area contributed by atoms with Crippen molar-refractivity contribution >= 4 is 17.8 Å². The molecule has 0 bridgehead atoms. The number of ether oxygens (including phenoxy) is 1. The third-order valence-electron chi connectivity index (χ3n) is 2.83. The van der Waals surface area contributed by atoms with Crippen LogP contribution >= 0.6 is 0 Å². The molecule has 1 aliphatic rings. The summed E-state index contributed by atoms with van der Waals surface area (Å²) in [6.45, 7) is 0.980. The molecule has 0 unspecified atom stereocenters. The van der Waals surface area contributed by atoms with Crippen molar-refractivity contribution in [3.05, 3.63) is 35.4 Å². The van der Waals surface area contributed by atoms with E-state index in [1.54, 1.807) is 18.2 Å². The fraction of sp³-hybridized carbons (Fsp3) is 0.231. The van der Waals surface area contributed by atoms with Crippen molar-refractivity contribution in [2.75, 3.05) is 6.61 Å². The van der Waals surface area contributed by atoms with Gasteiger partial charge in [-0.25, -0.2) is 4.79 Å². The molecule has 6 nitrogen and oxygen atoms in total. The molecule has 0 spiro atoms. The van der Waals surface area contributed by atoms with Crippen LogP contribution in [0.4, 0.5) is 0 Å². The molecular formula is C13H10N2O4. The maximum absolute atomic E-state index is 12.1. The molecule has 0 radical (unpaired) electrons. The molecule has 6 heteroatoms. The van der Waals surface area contributed by atoms with Crippen LogP contribution in [0.3, 0.4) is 0 Å². The first-order valence-electron chi connectivity index (χ1n) is 5.58. The van der Waals surface area contributed by atoms with Gasteiger partial charge in [0.15, 0.2) is 6.61 Å². The zero-order valence-electron chi connectivity index (χ0n) is 10.1. The van der Waals surface area contributed by atoms with Crippen molar-refractivity contribution in [3.8, 4) is 6.07 Å². The lowest BCUT2D eigenvalue weighted by Gasteiger charge is -2.20. The monoisotopic (exact) mass is 258 g/mol. The minimum atomic E-state index is -1.05. The Morgan fingerprint density at radius 2 is 1.84 bits per heavy atom. The van der Waals surface area contributed by atoms with Gasteiger partial charge in [-0.2, -0.15) is 5.26 Å². The Morgan fingerprint density at radius 1 is 1.32 bits per heavy atom. The number of imide groups is 1. The largest absolute Gasteiger partial charge is 0.449 e. The van der Waals surface area contributed by atoms with Crippen LogP contribution in [0.5, 0.6) is 0 Å². The highest BCUT2D eigenvalue weighted by Crippen LogP contribution is 2.24. The van der Waals surface area contributed by atoms with E-state index < -0.39 is 30.4 Å². The molecular weight excluding hydrogens is 248 g/mol. The summed E-state index contributed by atoms with van der Waals surface area (Å²) in [6, 6.07) is 6.95. The summed E-state index contributed by atoms with van der Waals surface area (Å²) in [6.07, 6.45) is 0. The van der Waals surface area contributed by atoms with Gasteiger partial charge >= 0.3 is 5.97 Å². The van der Waals surface area contributed by atoms with E-state index in [-0.39, 0.29) is 11.1 Å². The number of hydrogen-bond acceptors (Lipinski definition) is 5. The summed E-state index contributed by atoms with van der Waals surface area (Å²) in [5.74, 6) is -1.83. The predicted octanol–water partition coefficient (Wildman–Crippen LogP) is 0.738. The molecule has 1 atom stereocenters. The molecule has 96 valence electrons. The fourth-order valence-electron chi connectivity index (χ4n) is 1.89. The molecule has 0 N–H and O–H groups in total. The van der Waals surface area contributed by atoms with E-state index in [1.807, 2.05) is 0 Å². The minimum Gasteiger partial charge on any atom is -0.449 e. The number of carbonyl (C=O) groups excluding carboxylic acids is 3. The van der Waals surface area contributed by atoms with Gasteiger partial charge in [0.05, 0.1) is 11.1 Å². The van der Waals surface area contributed by atoms with Crippen LogP contribution in [0.2, 0.25) is 0 Å². The maximum atomic E-state index is 12.1. The van der Waals surface area contributed by atoms with Gasteiger partial charge in [-0.05, 0) is 19.1 Å². The Morgan fingerprint density at radius 3 is 2.32 bits per heavy atom. The standard InChI is InChI=1S/C13H10N2O4/c1-8(13(18)19-7-6-14)15-11(16)9-4-2-3-5-10(9)12(15)17/h2-5,8H,7H2,1H3/t8-/m0/s1. The van der Waals surface area contributed by atoms with E-state index in [0.29, 0.717) is 0 Å². The van der Waals surface area contributed by atoms with E-state index in [1.165, 1.54) is 19.1 Å². The van der Waals surface area contributed by atoms with Crippen molar-refractivity contribution < 1.29 is 19.1 Å². The number of benzene rings is 1. The first-order chi connectivity index (χ1) is 9.07. The lowest BCUT2D eigenvalue weighted by Crippen LogP contribution is -2.43. The molecule has 0 aromatic heterocycles. The molecule has 19 heavy (non-hydrogen) atoms. The first kappa shape index (κ1) is 12.8. The van der Waals surface area contributed by atoms with Crippen LogP contribution < -0.4 is 0 Å². The van der Waals surface area contributed by atoms with Gasteiger partial charge in [0.2, 0.25) is 0 Å². The molecule has 2 amide bonds. The summed E-state index contributed by atoms with van der Waals surface area (Å²) < 4.78 is 4.61. The third kappa shape index (κ3) is 2.06. The predicted molar refractivity (Wildman–Crippen MR) is 63.0 cm³/mol. The lowest BCUT2D eigenvalue weighted by atomic mass is 10.1. The quantitative estimate of drug-likeness (QED) is 0.589. The van der Waals surface area contributed by atoms with Crippen molar-refractivity contribution in [1.29, 1.82) is 5.26 Å². The number of esters is 1. The number of amides is 2. The topological polar surface area (TPSA) is 87.5 Å². The van der Waals surface area contributed by atoms with Gasteiger partial charge in [0.1, 0.15) is 12.1 Å². The number of carbonyl (C=O) groups is 3. The van der Waals surface area contributed by atoms with E-state index in [4.69, 9.17) is 5.26 Å². The number of fused-ring (bicyclic) bond motifs is 1. The third-order valence-corrected chi connectivity index (χ3v) is 2.83. The zero-order valence-corrected chi connectivity index (χ0v) is 10.1. The van der Waals surface area contributed by atoms with Crippen molar-refractivity contribution in [3.63, 3.8) is 0 Å². The molecule has 0 aliphatic carbocycles. The second kappa shape index (κ2) is 4.90. The Labute approximate surface area is 109 Å². The first-order valence-corrected chi connectivity index (χ1v) is 5.58. The Kier molecular flexibility index (Phi) is 3.29. The second-order valence-corrected chi connectivity index (χ2v) is 3.97. The molecule has 1 aromatic rings. The second-order valence-electron chi connectivity index (χ2n) is 3.97. The molecule has 0 saturated heterocycles. The van der Waals surface area contributed by atoms with Gasteiger partial charge in [-0.15, -0.1) is 0 Å². The summed E-state index contributed by atoms with van der Waals surface area (Å²) >= 11 is 0. The molecule has 2 rings (SSSR count). The van der Waals surface area contributed by atoms with E-state index in [9.17, 15) is 14.4 Å². The Hall–Kier alpha value is -2.68. The Balaban J connectivity index is 2.25. The summed E-state index contributed by atoms with van der Waals surface area (Å²) in [5.41, 5.74) is 0.542. The van der Waals surface area contributed by atoms with Crippen LogP contribution in [0.1, 0.15) is 27.6 Å². The minimum absolute atomic E-state index is 0.271.